The van der Waals surface area contributed by atoms with Gasteiger partial charge >= 0.3 is 5.97 Å². The second-order valence-corrected chi connectivity index (χ2v) is 3.84. The molecule has 0 aliphatic heterocycles. The molecule has 0 fully saturated rings. The number of hydrogen-bond donors (Lipinski definition) is 2. The fourth-order valence-electron chi connectivity index (χ4n) is 1.47. The van der Waals surface area contributed by atoms with E-state index in [9.17, 15) is 4.79 Å². The molecule has 1 aromatic heterocycles. The van der Waals surface area contributed by atoms with Crippen LogP contribution >= 0.6 is 11.6 Å². The Hall–Kier alpha value is -2.52. The topological polar surface area (TPSA) is 105 Å². The first kappa shape index (κ1) is 12.0. The lowest BCUT2D eigenvalue weighted by Gasteiger charge is -2.08. The number of anilines is 1. The number of carboxylic acid groups (broad SMARTS) is 1. The highest BCUT2D eigenvalue weighted by Crippen LogP contribution is 2.25. The summed E-state index contributed by atoms with van der Waals surface area (Å²) in [6.07, 6.45) is 1.32. The number of halogens is 1. The molecular weight excluding hydrogens is 256 g/mol. The number of nitrogens with zero attached hydrogens (tertiary/aromatic N) is 3. The fourth-order valence-corrected chi connectivity index (χ4v) is 1.67. The van der Waals surface area contributed by atoms with Crippen LogP contribution in [0, 0.1) is 11.3 Å². The molecule has 0 saturated carbocycles. The lowest BCUT2D eigenvalue weighted by molar-refractivity contribution is 0.0697. The minimum Gasteiger partial charge on any atom is -0.478 e. The molecule has 0 unspecified atom stereocenters. The molecule has 0 amide bonds. The van der Waals surface area contributed by atoms with Gasteiger partial charge in [0.1, 0.15) is 18.2 Å². The zero-order valence-corrected chi connectivity index (χ0v) is 9.72. The maximum atomic E-state index is 10.9. The second kappa shape index (κ2) is 4.39. The zero-order valence-electron chi connectivity index (χ0n) is 8.96. The standard InChI is InChI=1S/C11H7ClN4O2/c12-7-2-1-6(11(17)18)3-9(7)16-5-15-8(4-13)10(16)14/h1-3,5H,14H2,(H,17,18). The van der Waals surface area contributed by atoms with Crippen molar-refractivity contribution in [3.8, 4) is 11.8 Å². The Morgan fingerprint density at radius 2 is 2.28 bits per heavy atom. The molecule has 2 rings (SSSR count). The summed E-state index contributed by atoms with van der Waals surface area (Å²) in [6.45, 7) is 0. The van der Waals surface area contributed by atoms with E-state index in [0.29, 0.717) is 10.7 Å². The number of rotatable bonds is 2. The van der Waals surface area contributed by atoms with Crippen molar-refractivity contribution in [1.29, 1.82) is 5.26 Å². The van der Waals surface area contributed by atoms with E-state index in [1.807, 2.05) is 6.07 Å². The van der Waals surface area contributed by atoms with Gasteiger partial charge in [0.25, 0.3) is 0 Å². The summed E-state index contributed by atoms with van der Waals surface area (Å²) in [7, 11) is 0. The lowest BCUT2D eigenvalue weighted by atomic mass is 10.2. The molecule has 0 radical (unpaired) electrons. The lowest BCUT2D eigenvalue weighted by Crippen LogP contribution is -2.03. The van der Waals surface area contributed by atoms with E-state index in [4.69, 9.17) is 27.7 Å². The van der Waals surface area contributed by atoms with Crippen LogP contribution in [0.2, 0.25) is 5.02 Å². The molecule has 7 heteroatoms. The van der Waals surface area contributed by atoms with Gasteiger partial charge in [-0.2, -0.15) is 5.26 Å². The monoisotopic (exact) mass is 262 g/mol. The summed E-state index contributed by atoms with van der Waals surface area (Å²) in [5, 5.41) is 18.0. The molecule has 18 heavy (non-hydrogen) atoms. The van der Waals surface area contributed by atoms with Crippen molar-refractivity contribution >= 4 is 23.4 Å². The first-order valence-corrected chi connectivity index (χ1v) is 5.18. The first-order chi connectivity index (χ1) is 8.54. The molecule has 90 valence electrons. The van der Waals surface area contributed by atoms with Crippen molar-refractivity contribution in [2.45, 2.75) is 0 Å². The summed E-state index contributed by atoms with van der Waals surface area (Å²) >= 11 is 5.98. The Morgan fingerprint density at radius 3 is 2.83 bits per heavy atom. The van der Waals surface area contributed by atoms with Crippen LogP contribution in [-0.2, 0) is 0 Å². The van der Waals surface area contributed by atoms with Gasteiger partial charge in [-0.05, 0) is 18.2 Å². The van der Waals surface area contributed by atoms with Gasteiger partial charge in [-0.3, -0.25) is 4.57 Å². The van der Waals surface area contributed by atoms with Crippen molar-refractivity contribution < 1.29 is 9.90 Å². The normalized spacial score (nSPS) is 10.0. The molecule has 1 aromatic carbocycles. The maximum absolute atomic E-state index is 10.9. The van der Waals surface area contributed by atoms with Crippen molar-refractivity contribution in [3.63, 3.8) is 0 Å². The molecule has 0 atom stereocenters. The molecule has 2 aromatic rings. The SMILES string of the molecule is N#Cc1ncn(-c2cc(C(=O)O)ccc2Cl)c1N. The van der Waals surface area contributed by atoms with E-state index in [2.05, 4.69) is 4.98 Å². The van der Waals surface area contributed by atoms with Crippen LogP contribution in [0.15, 0.2) is 24.5 Å². The molecule has 0 saturated heterocycles. The van der Waals surface area contributed by atoms with E-state index in [0.717, 1.165) is 0 Å². The van der Waals surface area contributed by atoms with Crippen LogP contribution in [0.3, 0.4) is 0 Å². The molecular formula is C11H7ClN4O2. The van der Waals surface area contributed by atoms with Crippen molar-refractivity contribution in [2.24, 2.45) is 0 Å². The maximum Gasteiger partial charge on any atom is 0.335 e. The van der Waals surface area contributed by atoms with Crippen LogP contribution in [0.1, 0.15) is 16.1 Å². The summed E-state index contributed by atoms with van der Waals surface area (Å²) in [4.78, 5) is 14.7. The Morgan fingerprint density at radius 1 is 1.56 bits per heavy atom. The molecule has 6 nitrogen and oxygen atoms in total. The van der Waals surface area contributed by atoms with E-state index < -0.39 is 5.97 Å². The zero-order chi connectivity index (χ0) is 13.3. The van der Waals surface area contributed by atoms with Gasteiger partial charge in [-0.15, -0.1) is 0 Å². The third kappa shape index (κ3) is 1.87. The summed E-state index contributed by atoms with van der Waals surface area (Å²) < 4.78 is 1.37. The molecule has 0 aliphatic carbocycles. The largest absolute Gasteiger partial charge is 0.478 e. The third-order valence-corrected chi connectivity index (χ3v) is 2.68. The summed E-state index contributed by atoms with van der Waals surface area (Å²) in [5.41, 5.74) is 6.21. The van der Waals surface area contributed by atoms with Crippen LogP contribution in [0.25, 0.3) is 5.69 Å². The van der Waals surface area contributed by atoms with Crippen molar-refractivity contribution in [1.82, 2.24) is 9.55 Å². The van der Waals surface area contributed by atoms with E-state index in [1.165, 1.54) is 29.1 Å². The predicted molar refractivity (Wildman–Crippen MR) is 64.7 cm³/mol. The van der Waals surface area contributed by atoms with Gasteiger partial charge in [0.05, 0.1) is 16.3 Å². The van der Waals surface area contributed by atoms with Crippen molar-refractivity contribution in [2.75, 3.05) is 5.73 Å². The van der Waals surface area contributed by atoms with Gasteiger partial charge < -0.3 is 10.8 Å². The Labute approximate surface area is 107 Å². The number of aromatic carboxylic acids is 1. The third-order valence-electron chi connectivity index (χ3n) is 2.36. The number of nitrogen functional groups attached to an aromatic ring is 1. The quantitative estimate of drug-likeness (QED) is 0.856. The van der Waals surface area contributed by atoms with E-state index >= 15 is 0 Å². The average Bonchev–Trinajstić information content (AvgIpc) is 2.70. The molecule has 1 heterocycles. The smallest absolute Gasteiger partial charge is 0.335 e. The molecule has 0 bridgehead atoms. The summed E-state index contributed by atoms with van der Waals surface area (Å²) in [6, 6.07) is 6.02. The number of benzene rings is 1. The highest BCUT2D eigenvalue weighted by molar-refractivity contribution is 6.32. The van der Waals surface area contributed by atoms with Crippen LogP contribution in [0.4, 0.5) is 5.82 Å². The number of nitriles is 1. The minimum atomic E-state index is -1.08. The average molecular weight is 263 g/mol. The van der Waals surface area contributed by atoms with Crippen molar-refractivity contribution in [3.05, 3.63) is 40.8 Å². The fraction of sp³-hybridized carbons (Fsp3) is 0. The number of hydrogen-bond acceptors (Lipinski definition) is 4. The Kier molecular flexibility index (Phi) is 2.92. The van der Waals surface area contributed by atoms with Crippen LogP contribution in [-0.4, -0.2) is 20.6 Å². The van der Waals surface area contributed by atoms with Gasteiger partial charge in [0.2, 0.25) is 0 Å². The number of nitrogens with two attached hydrogens (primary N) is 1. The predicted octanol–water partition coefficient (Wildman–Crippen LogP) is 1.68. The number of imidazole rings is 1. The highest BCUT2D eigenvalue weighted by atomic mass is 35.5. The highest BCUT2D eigenvalue weighted by Gasteiger charge is 2.13. The Balaban J connectivity index is 2.63. The number of aromatic nitrogens is 2. The van der Waals surface area contributed by atoms with Gasteiger partial charge in [0, 0.05) is 0 Å². The Bertz CT molecular complexity index is 672. The first-order valence-electron chi connectivity index (χ1n) is 4.80. The molecule has 0 spiro atoms. The molecule has 3 N–H and O–H groups in total. The van der Waals surface area contributed by atoms with Crippen LogP contribution < -0.4 is 5.73 Å². The number of carbonyl (C=O) groups is 1. The van der Waals surface area contributed by atoms with Crippen LogP contribution in [0.5, 0.6) is 0 Å². The van der Waals surface area contributed by atoms with Gasteiger partial charge in [-0.1, -0.05) is 11.6 Å². The molecule has 0 aliphatic rings. The minimum absolute atomic E-state index is 0.0618. The van der Waals surface area contributed by atoms with E-state index in [-0.39, 0.29) is 17.1 Å². The number of carboxylic acids is 1. The summed E-state index contributed by atoms with van der Waals surface area (Å²) in [5.74, 6) is -0.964. The van der Waals surface area contributed by atoms with Gasteiger partial charge in [0.15, 0.2) is 5.69 Å². The second-order valence-electron chi connectivity index (χ2n) is 3.43. The van der Waals surface area contributed by atoms with Gasteiger partial charge in [-0.25, -0.2) is 9.78 Å². The van der Waals surface area contributed by atoms with E-state index in [1.54, 1.807) is 0 Å².